The van der Waals surface area contributed by atoms with Gasteiger partial charge in [-0.2, -0.15) is 13.2 Å². The maximum absolute atomic E-state index is 13.1. The zero-order valence-electron chi connectivity index (χ0n) is 14.1. The zero-order chi connectivity index (χ0) is 18.1. The van der Waals surface area contributed by atoms with Crippen LogP contribution >= 0.6 is 0 Å². The normalized spacial score (nSPS) is 12.8. The third-order valence-corrected chi connectivity index (χ3v) is 4.17. The van der Waals surface area contributed by atoms with Crippen molar-refractivity contribution in [2.75, 3.05) is 0 Å². The molecule has 2 aromatic rings. The molecule has 2 aromatic carbocycles. The highest BCUT2D eigenvalue weighted by atomic mass is 19.4. The van der Waals surface area contributed by atoms with E-state index in [1.807, 2.05) is 32.9 Å². The number of carbonyl (C=O) groups excluding carboxylic acids is 1. The molecule has 0 aromatic heterocycles. The maximum atomic E-state index is 13.1. The first-order valence-electron chi connectivity index (χ1n) is 7.66. The molecular weight excluding hydrogens is 315 g/mol. The van der Waals surface area contributed by atoms with Crippen LogP contribution in [0.3, 0.4) is 0 Å². The highest BCUT2D eigenvalue weighted by molar-refractivity contribution is 5.96. The average Bonchev–Trinajstić information content (AvgIpc) is 2.49. The van der Waals surface area contributed by atoms with Crippen molar-refractivity contribution >= 4 is 5.91 Å². The lowest BCUT2D eigenvalue weighted by Gasteiger charge is -2.20. The number of rotatable bonds is 3. The van der Waals surface area contributed by atoms with Crippen molar-refractivity contribution in [1.82, 2.24) is 5.32 Å². The van der Waals surface area contributed by atoms with Crippen LogP contribution in [0.5, 0.6) is 0 Å². The first-order valence-corrected chi connectivity index (χ1v) is 7.66. The summed E-state index contributed by atoms with van der Waals surface area (Å²) in [5.74, 6) is -0.729. The fraction of sp³-hybridized carbons (Fsp3) is 0.316. The summed E-state index contributed by atoms with van der Waals surface area (Å²) in [6, 6.07) is 8.39. The van der Waals surface area contributed by atoms with Crippen LogP contribution < -0.4 is 5.32 Å². The molecule has 0 saturated heterocycles. The minimum atomic E-state index is -4.56. The Hall–Kier alpha value is -2.30. The minimum Gasteiger partial charge on any atom is -0.345 e. The molecule has 0 bridgehead atoms. The highest BCUT2D eigenvalue weighted by Crippen LogP contribution is 2.32. The van der Waals surface area contributed by atoms with E-state index in [4.69, 9.17) is 0 Å². The van der Waals surface area contributed by atoms with E-state index in [1.165, 1.54) is 18.2 Å². The molecule has 2 rings (SSSR count). The summed E-state index contributed by atoms with van der Waals surface area (Å²) in [5.41, 5.74) is 2.82. The van der Waals surface area contributed by atoms with Crippen LogP contribution in [-0.4, -0.2) is 5.91 Å². The Morgan fingerprint density at radius 1 is 1.00 bits per heavy atom. The molecule has 0 saturated carbocycles. The summed E-state index contributed by atoms with van der Waals surface area (Å²) in [6.45, 7) is 7.65. The molecule has 0 heterocycles. The van der Waals surface area contributed by atoms with E-state index in [2.05, 4.69) is 5.32 Å². The van der Waals surface area contributed by atoms with Gasteiger partial charge in [-0.05, 0) is 62.1 Å². The number of amides is 1. The smallest absolute Gasteiger partial charge is 0.345 e. The SMILES string of the molecule is Cc1cc(C)c([C@H](C)NC(=O)c2ccccc2C(F)(F)F)cc1C. The van der Waals surface area contributed by atoms with E-state index in [-0.39, 0.29) is 5.56 Å². The van der Waals surface area contributed by atoms with Gasteiger partial charge in [0.05, 0.1) is 17.2 Å². The van der Waals surface area contributed by atoms with Gasteiger partial charge in [-0.1, -0.05) is 24.3 Å². The molecule has 1 amide bonds. The van der Waals surface area contributed by atoms with Gasteiger partial charge < -0.3 is 5.32 Å². The van der Waals surface area contributed by atoms with E-state index in [1.54, 1.807) is 6.92 Å². The third-order valence-electron chi connectivity index (χ3n) is 4.17. The largest absolute Gasteiger partial charge is 0.417 e. The topological polar surface area (TPSA) is 29.1 Å². The summed E-state index contributed by atoms with van der Waals surface area (Å²) in [5, 5.41) is 2.67. The number of carbonyl (C=O) groups is 1. The maximum Gasteiger partial charge on any atom is 0.417 e. The molecule has 128 valence electrons. The Kier molecular flexibility index (Phi) is 5.02. The van der Waals surface area contributed by atoms with Crippen LogP contribution in [0.15, 0.2) is 36.4 Å². The van der Waals surface area contributed by atoms with Gasteiger partial charge in [0.25, 0.3) is 5.91 Å². The van der Waals surface area contributed by atoms with Gasteiger partial charge in [-0.15, -0.1) is 0 Å². The Balaban J connectivity index is 2.29. The molecule has 0 aliphatic rings. The standard InChI is InChI=1S/C19H20F3NO/c1-11-9-13(3)16(10-12(11)2)14(4)23-18(24)15-7-5-6-8-17(15)19(20,21)22/h5-10,14H,1-4H3,(H,23,24)/t14-/m0/s1. The molecule has 1 atom stereocenters. The first-order chi connectivity index (χ1) is 11.1. The number of benzene rings is 2. The molecular formula is C19H20F3NO. The molecule has 0 radical (unpaired) electrons. The number of hydrogen-bond donors (Lipinski definition) is 1. The fourth-order valence-corrected chi connectivity index (χ4v) is 2.73. The molecule has 0 aliphatic carbocycles. The number of nitrogens with one attached hydrogen (secondary N) is 1. The predicted molar refractivity (Wildman–Crippen MR) is 88.0 cm³/mol. The van der Waals surface area contributed by atoms with Crippen LogP contribution in [0.2, 0.25) is 0 Å². The minimum absolute atomic E-state index is 0.363. The van der Waals surface area contributed by atoms with Crippen molar-refractivity contribution in [3.8, 4) is 0 Å². The molecule has 1 N–H and O–H groups in total. The van der Waals surface area contributed by atoms with Gasteiger partial charge in [-0.25, -0.2) is 0 Å². The van der Waals surface area contributed by atoms with E-state index in [0.29, 0.717) is 0 Å². The Morgan fingerprint density at radius 2 is 1.58 bits per heavy atom. The lowest BCUT2D eigenvalue weighted by atomic mass is 9.96. The van der Waals surface area contributed by atoms with Gasteiger partial charge in [0.2, 0.25) is 0 Å². The number of hydrogen-bond acceptors (Lipinski definition) is 1. The van der Waals surface area contributed by atoms with Crippen LogP contribution in [0.25, 0.3) is 0 Å². The zero-order valence-corrected chi connectivity index (χ0v) is 14.1. The molecule has 5 heteroatoms. The Bertz CT molecular complexity index is 766. The number of halogens is 3. The highest BCUT2D eigenvalue weighted by Gasteiger charge is 2.35. The molecule has 2 nitrogen and oxygen atoms in total. The second kappa shape index (κ2) is 6.67. The number of aryl methyl sites for hydroxylation is 3. The van der Waals surface area contributed by atoms with Crippen LogP contribution in [0.1, 0.15) is 51.1 Å². The Labute approximate surface area is 139 Å². The molecule has 0 unspecified atom stereocenters. The summed E-state index contributed by atoms with van der Waals surface area (Å²) < 4.78 is 39.2. The predicted octanol–water partition coefficient (Wildman–Crippen LogP) is 5.12. The summed E-state index contributed by atoms with van der Waals surface area (Å²) in [6.07, 6.45) is -4.56. The lowest BCUT2D eigenvalue weighted by Crippen LogP contribution is -2.29. The van der Waals surface area contributed by atoms with E-state index in [9.17, 15) is 18.0 Å². The van der Waals surface area contributed by atoms with Gasteiger partial charge in [0.15, 0.2) is 0 Å². The third kappa shape index (κ3) is 3.78. The fourth-order valence-electron chi connectivity index (χ4n) is 2.73. The molecule has 24 heavy (non-hydrogen) atoms. The molecule has 0 fully saturated rings. The van der Waals surface area contributed by atoms with Gasteiger partial charge in [-0.3, -0.25) is 4.79 Å². The molecule has 0 spiro atoms. The summed E-state index contributed by atoms with van der Waals surface area (Å²) >= 11 is 0. The van der Waals surface area contributed by atoms with Crippen LogP contribution in [0.4, 0.5) is 13.2 Å². The van der Waals surface area contributed by atoms with Crippen molar-refractivity contribution in [2.45, 2.75) is 39.9 Å². The van der Waals surface area contributed by atoms with Crippen molar-refractivity contribution in [3.63, 3.8) is 0 Å². The Morgan fingerprint density at radius 3 is 2.21 bits per heavy atom. The van der Waals surface area contributed by atoms with Gasteiger partial charge >= 0.3 is 6.18 Å². The van der Waals surface area contributed by atoms with Crippen LogP contribution in [0, 0.1) is 20.8 Å². The quantitative estimate of drug-likeness (QED) is 0.828. The van der Waals surface area contributed by atoms with Crippen LogP contribution in [-0.2, 0) is 6.18 Å². The second-order valence-electron chi connectivity index (χ2n) is 6.03. The van der Waals surface area contributed by atoms with Crippen molar-refractivity contribution in [1.29, 1.82) is 0 Å². The van der Waals surface area contributed by atoms with Crippen molar-refractivity contribution < 1.29 is 18.0 Å². The van der Waals surface area contributed by atoms with Crippen molar-refractivity contribution in [3.05, 3.63) is 69.8 Å². The summed E-state index contributed by atoms with van der Waals surface area (Å²) in [7, 11) is 0. The lowest BCUT2D eigenvalue weighted by molar-refractivity contribution is -0.137. The summed E-state index contributed by atoms with van der Waals surface area (Å²) in [4.78, 5) is 12.3. The first kappa shape index (κ1) is 18.0. The number of alkyl halides is 3. The van der Waals surface area contributed by atoms with E-state index in [0.717, 1.165) is 28.3 Å². The van der Waals surface area contributed by atoms with Crippen molar-refractivity contribution in [2.24, 2.45) is 0 Å². The van der Waals surface area contributed by atoms with E-state index < -0.39 is 23.7 Å². The van der Waals surface area contributed by atoms with E-state index >= 15 is 0 Å². The molecule has 0 aliphatic heterocycles. The average molecular weight is 335 g/mol. The second-order valence-corrected chi connectivity index (χ2v) is 6.03. The van der Waals surface area contributed by atoms with Gasteiger partial charge in [0, 0.05) is 0 Å². The monoisotopic (exact) mass is 335 g/mol. The van der Waals surface area contributed by atoms with Gasteiger partial charge in [0.1, 0.15) is 0 Å².